The van der Waals surface area contributed by atoms with Crippen LogP contribution in [0.5, 0.6) is 5.88 Å². The molecule has 0 aliphatic carbocycles. The van der Waals surface area contributed by atoms with Crippen molar-refractivity contribution in [2.75, 3.05) is 11.8 Å². The zero-order chi connectivity index (χ0) is 16.5. The van der Waals surface area contributed by atoms with Crippen molar-refractivity contribution in [1.82, 2.24) is 9.97 Å². The lowest BCUT2D eigenvalue weighted by atomic mass is 10.4. The Morgan fingerprint density at radius 3 is 2.36 bits per heavy atom. The van der Waals surface area contributed by atoms with Crippen LogP contribution in [0.2, 0.25) is 20.4 Å². The molecule has 1 aromatic carbocycles. The third kappa shape index (κ3) is 3.49. The van der Waals surface area contributed by atoms with E-state index < -0.39 is 10.0 Å². The Labute approximate surface area is 146 Å². The molecule has 6 nitrogen and oxygen atoms in total. The number of hydrogen-bond donors (Lipinski definition) is 1. The van der Waals surface area contributed by atoms with Gasteiger partial charge in [-0.1, -0.05) is 52.5 Å². The van der Waals surface area contributed by atoms with E-state index in [2.05, 4.69) is 14.7 Å². The Kier molecular flexibility index (Phi) is 5.24. The number of nitrogens with zero attached hydrogens (tertiary/aromatic N) is 2. The number of sulfonamides is 1. The average Bonchev–Trinajstić information content (AvgIpc) is 2.45. The summed E-state index contributed by atoms with van der Waals surface area (Å²) in [5.41, 5.74) is 0. The van der Waals surface area contributed by atoms with Crippen LogP contribution in [0.4, 0.5) is 5.82 Å². The Morgan fingerprint density at radius 2 is 1.73 bits per heavy atom. The van der Waals surface area contributed by atoms with Gasteiger partial charge in [0.2, 0.25) is 5.82 Å². The Balaban J connectivity index is 2.50. The highest BCUT2D eigenvalue weighted by Crippen LogP contribution is 2.32. The third-order valence-corrected chi connectivity index (χ3v) is 5.35. The zero-order valence-electron chi connectivity index (χ0n) is 10.8. The van der Waals surface area contributed by atoms with Crippen LogP contribution in [0.3, 0.4) is 0 Å². The Bertz CT molecular complexity index is 830. The molecule has 0 aliphatic heterocycles. The molecule has 22 heavy (non-hydrogen) atoms. The molecule has 2 rings (SSSR count). The summed E-state index contributed by atoms with van der Waals surface area (Å²) in [6.07, 6.45) is 0. The van der Waals surface area contributed by atoms with Crippen molar-refractivity contribution in [3.05, 3.63) is 38.6 Å². The number of halogens is 4. The summed E-state index contributed by atoms with van der Waals surface area (Å²) in [5, 5.41) is -0.333. The smallest absolute Gasteiger partial charge is 0.264 e. The van der Waals surface area contributed by atoms with Gasteiger partial charge in [0, 0.05) is 0 Å². The Morgan fingerprint density at radius 1 is 1.09 bits per heavy atom. The van der Waals surface area contributed by atoms with Crippen LogP contribution in [0.15, 0.2) is 23.1 Å². The summed E-state index contributed by atoms with van der Waals surface area (Å²) in [4.78, 5) is 7.33. The molecule has 118 valence electrons. The van der Waals surface area contributed by atoms with Crippen LogP contribution < -0.4 is 9.46 Å². The van der Waals surface area contributed by atoms with E-state index in [0.717, 1.165) is 0 Å². The fourth-order valence-electron chi connectivity index (χ4n) is 1.46. The average molecular weight is 403 g/mol. The van der Waals surface area contributed by atoms with Gasteiger partial charge < -0.3 is 4.74 Å². The molecular weight excluding hydrogens is 396 g/mol. The van der Waals surface area contributed by atoms with Crippen molar-refractivity contribution >= 4 is 62.2 Å². The molecule has 0 spiro atoms. The molecule has 0 atom stereocenters. The van der Waals surface area contributed by atoms with Crippen LogP contribution in [0.1, 0.15) is 0 Å². The van der Waals surface area contributed by atoms with Crippen LogP contribution in [-0.2, 0) is 10.0 Å². The molecule has 0 bridgehead atoms. The summed E-state index contributed by atoms with van der Waals surface area (Å²) in [7, 11) is -2.80. The van der Waals surface area contributed by atoms with Crippen molar-refractivity contribution in [2.45, 2.75) is 4.90 Å². The predicted molar refractivity (Wildman–Crippen MR) is 85.9 cm³/mol. The maximum atomic E-state index is 12.4. The maximum Gasteiger partial charge on any atom is 0.264 e. The van der Waals surface area contributed by atoms with Gasteiger partial charge >= 0.3 is 0 Å². The third-order valence-electron chi connectivity index (χ3n) is 2.41. The van der Waals surface area contributed by atoms with Gasteiger partial charge in [0.05, 0.1) is 17.2 Å². The van der Waals surface area contributed by atoms with Crippen molar-refractivity contribution < 1.29 is 13.2 Å². The van der Waals surface area contributed by atoms with Gasteiger partial charge in [0.25, 0.3) is 15.9 Å². The molecule has 1 aromatic heterocycles. The summed E-state index contributed by atoms with van der Waals surface area (Å²) in [6.45, 7) is 0. The summed E-state index contributed by atoms with van der Waals surface area (Å²) < 4.78 is 31.9. The number of ether oxygens (including phenoxy) is 1. The highest BCUT2D eigenvalue weighted by Gasteiger charge is 2.23. The first-order valence-electron chi connectivity index (χ1n) is 5.50. The lowest BCUT2D eigenvalue weighted by Crippen LogP contribution is -2.16. The highest BCUT2D eigenvalue weighted by molar-refractivity contribution is 7.92. The van der Waals surface area contributed by atoms with Crippen molar-refractivity contribution in [3.63, 3.8) is 0 Å². The van der Waals surface area contributed by atoms with E-state index in [-0.39, 0.29) is 36.9 Å². The number of aromatic nitrogens is 2. The Hall–Kier alpha value is -0.990. The second-order valence-corrected chi connectivity index (χ2v) is 6.97. The minimum atomic E-state index is -4.08. The molecule has 0 unspecified atom stereocenters. The molecule has 0 amide bonds. The van der Waals surface area contributed by atoms with Gasteiger partial charge in [0.15, 0.2) is 10.3 Å². The number of benzene rings is 1. The van der Waals surface area contributed by atoms with Crippen molar-refractivity contribution in [3.8, 4) is 5.88 Å². The van der Waals surface area contributed by atoms with Crippen molar-refractivity contribution in [1.29, 1.82) is 0 Å². The fourth-order valence-corrected chi connectivity index (χ4v) is 3.47. The quantitative estimate of drug-likeness (QED) is 0.838. The molecular formula is C11H7Cl4N3O3S. The molecule has 2 aromatic rings. The first-order valence-corrected chi connectivity index (χ1v) is 8.49. The zero-order valence-corrected chi connectivity index (χ0v) is 14.6. The number of anilines is 1. The van der Waals surface area contributed by atoms with Gasteiger partial charge in [-0.3, -0.25) is 4.72 Å². The predicted octanol–water partition coefficient (Wildman–Crippen LogP) is 3.90. The van der Waals surface area contributed by atoms with Gasteiger partial charge in [-0.05, 0) is 12.1 Å². The van der Waals surface area contributed by atoms with Gasteiger partial charge in [-0.25, -0.2) is 13.4 Å². The summed E-state index contributed by atoms with van der Waals surface area (Å²) in [5.74, 6) is -0.371. The minimum Gasteiger partial charge on any atom is -0.478 e. The van der Waals surface area contributed by atoms with E-state index in [0.29, 0.717) is 0 Å². The highest BCUT2D eigenvalue weighted by atomic mass is 35.5. The fraction of sp³-hybridized carbons (Fsp3) is 0.0909. The summed E-state index contributed by atoms with van der Waals surface area (Å²) >= 11 is 23.1. The lowest BCUT2D eigenvalue weighted by molar-refractivity contribution is 0.398. The number of nitrogens with one attached hydrogen (secondary N) is 1. The second-order valence-electron chi connectivity index (χ2n) is 3.82. The van der Waals surface area contributed by atoms with Crippen molar-refractivity contribution in [2.24, 2.45) is 0 Å². The van der Waals surface area contributed by atoms with Gasteiger partial charge in [0.1, 0.15) is 4.90 Å². The molecule has 0 saturated carbocycles. The normalized spacial score (nSPS) is 11.3. The molecule has 11 heteroatoms. The largest absolute Gasteiger partial charge is 0.478 e. The van der Waals surface area contributed by atoms with Crippen LogP contribution in [0, 0.1) is 0 Å². The molecule has 1 N–H and O–H groups in total. The summed E-state index contributed by atoms with van der Waals surface area (Å²) in [6, 6.07) is 4.19. The number of methoxy groups -OCH3 is 1. The van der Waals surface area contributed by atoms with E-state index in [1.54, 1.807) is 0 Å². The van der Waals surface area contributed by atoms with Crippen LogP contribution in [-0.4, -0.2) is 25.5 Å². The molecule has 0 saturated heterocycles. The van der Waals surface area contributed by atoms with E-state index >= 15 is 0 Å². The van der Waals surface area contributed by atoms with E-state index in [4.69, 9.17) is 51.1 Å². The maximum absolute atomic E-state index is 12.4. The van der Waals surface area contributed by atoms with E-state index in [1.165, 1.54) is 25.3 Å². The van der Waals surface area contributed by atoms with E-state index in [9.17, 15) is 8.42 Å². The van der Waals surface area contributed by atoms with Crippen LogP contribution >= 0.6 is 46.4 Å². The monoisotopic (exact) mass is 401 g/mol. The van der Waals surface area contributed by atoms with Gasteiger partial charge in [-0.15, -0.1) is 0 Å². The second kappa shape index (κ2) is 6.64. The van der Waals surface area contributed by atoms with Gasteiger partial charge in [-0.2, -0.15) is 4.98 Å². The molecule has 0 fully saturated rings. The first-order chi connectivity index (χ1) is 10.3. The number of rotatable bonds is 4. The minimum absolute atomic E-state index is 0.0942. The molecule has 1 heterocycles. The number of hydrogen-bond acceptors (Lipinski definition) is 5. The lowest BCUT2D eigenvalue weighted by Gasteiger charge is -2.12. The first kappa shape index (κ1) is 17.4. The molecule has 0 radical (unpaired) electrons. The SMILES string of the molecule is COc1nc(Cl)c(Cl)nc1NS(=O)(=O)c1cccc(Cl)c1Cl. The molecule has 0 aliphatic rings. The van der Waals surface area contributed by atoms with E-state index in [1.807, 2.05) is 0 Å². The van der Waals surface area contributed by atoms with Crippen LogP contribution in [0.25, 0.3) is 0 Å². The topological polar surface area (TPSA) is 81.2 Å². The standard InChI is InChI=1S/C11H7Cl4N3O3S/c1-21-11-10(16-8(14)9(15)17-11)18-22(19,20)6-4-2-3-5(12)7(6)13/h2-4H,1H3,(H,16,18).